The number of nitrogens with zero attached hydrogens (tertiary/aromatic N) is 3. The molecule has 2 aromatic heterocycles. The number of rotatable bonds is 3. The van der Waals surface area contributed by atoms with Crippen LogP contribution in [0.3, 0.4) is 0 Å². The summed E-state index contributed by atoms with van der Waals surface area (Å²) in [4.78, 5) is 6.95. The van der Waals surface area contributed by atoms with Gasteiger partial charge in [0.25, 0.3) is 0 Å². The SMILES string of the molecule is Cc1ccc(N2CCC[C@H](Cc3ccn[nH]3)C2)nc1. The molecule has 4 heteroatoms. The molecule has 0 amide bonds. The third-order valence-corrected chi connectivity index (χ3v) is 3.81. The lowest BCUT2D eigenvalue weighted by Crippen LogP contribution is -2.36. The highest BCUT2D eigenvalue weighted by Gasteiger charge is 2.21. The molecule has 3 rings (SSSR count). The van der Waals surface area contributed by atoms with E-state index in [9.17, 15) is 0 Å². The number of pyridine rings is 1. The average Bonchev–Trinajstić information content (AvgIpc) is 2.93. The van der Waals surface area contributed by atoms with Crippen molar-refractivity contribution in [3.05, 3.63) is 41.9 Å². The largest absolute Gasteiger partial charge is 0.356 e. The van der Waals surface area contributed by atoms with Crippen molar-refractivity contribution in [2.75, 3.05) is 18.0 Å². The Kier molecular flexibility index (Phi) is 3.49. The van der Waals surface area contributed by atoms with Gasteiger partial charge in [-0.2, -0.15) is 5.10 Å². The number of anilines is 1. The van der Waals surface area contributed by atoms with Crippen molar-refractivity contribution in [3.8, 4) is 0 Å². The summed E-state index contributed by atoms with van der Waals surface area (Å²) >= 11 is 0. The Morgan fingerprint density at radius 1 is 1.37 bits per heavy atom. The molecule has 1 aliphatic heterocycles. The van der Waals surface area contributed by atoms with Crippen LogP contribution in [-0.2, 0) is 6.42 Å². The van der Waals surface area contributed by atoms with Crippen LogP contribution in [0.4, 0.5) is 5.82 Å². The molecular weight excluding hydrogens is 236 g/mol. The Labute approximate surface area is 113 Å². The molecule has 19 heavy (non-hydrogen) atoms. The predicted octanol–water partition coefficient (Wildman–Crippen LogP) is 2.57. The van der Waals surface area contributed by atoms with Crippen LogP contribution in [0.25, 0.3) is 0 Å². The summed E-state index contributed by atoms with van der Waals surface area (Å²) in [7, 11) is 0. The number of aromatic nitrogens is 3. The molecule has 1 fully saturated rings. The molecule has 0 radical (unpaired) electrons. The van der Waals surface area contributed by atoms with Crippen molar-refractivity contribution < 1.29 is 0 Å². The highest BCUT2D eigenvalue weighted by atomic mass is 15.2. The molecule has 1 saturated heterocycles. The van der Waals surface area contributed by atoms with E-state index in [1.165, 1.54) is 24.1 Å². The third-order valence-electron chi connectivity index (χ3n) is 3.81. The van der Waals surface area contributed by atoms with E-state index >= 15 is 0 Å². The van der Waals surface area contributed by atoms with Crippen LogP contribution >= 0.6 is 0 Å². The molecule has 4 nitrogen and oxygen atoms in total. The van der Waals surface area contributed by atoms with Gasteiger partial charge in [0.15, 0.2) is 0 Å². The molecule has 1 N–H and O–H groups in total. The van der Waals surface area contributed by atoms with Crippen molar-refractivity contribution in [2.45, 2.75) is 26.2 Å². The van der Waals surface area contributed by atoms with E-state index < -0.39 is 0 Å². The van der Waals surface area contributed by atoms with Crippen LogP contribution in [0.2, 0.25) is 0 Å². The van der Waals surface area contributed by atoms with Gasteiger partial charge in [0.05, 0.1) is 0 Å². The number of aromatic amines is 1. The van der Waals surface area contributed by atoms with Crippen LogP contribution in [0.1, 0.15) is 24.1 Å². The van der Waals surface area contributed by atoms with Gasteiger partial charge in [0, 0.05) is 31.2 Å². The maximum atomic E-state index is 4.54. The van der Waals surface area contributed by atoms with Gasteiger partial charge in [-0.25, -0.2) is 4.98 Å². The Morgan fingerprint density at radius 2 is 2.32 bits per heavy atom. The summed E-state index contributed by atoms with van der Waals surface area (Å²) in [6, 6.07) is 6.35. The molecular formula is C15H20N4. The molecule has 0 spiro atoms. The van der Waals surface area contributed by atoms with E-state index in [0.29, 0.717) is 5.92 Å². The summed E-state index contributed by atoms with van der Waals surface area (Å²) in [5, 5.41) is 7.09. The van der Waals surface area contributed by atoms with E-state index in [1.807, 2.05) is 12.4 Å². The first-order valence-corrected chi connectivity index (χ1v) is 6.97. The highest BCUT2D eigenvalue weighted by Crippen LogP contribution is 2.23. The molecule has 0 unspecified atom stereocenters. The second-order valence-electron chi connectivity index (χ2n) is 5.43. The standard InChI is InChI=1S/C15H20N4/c1-12-4-5-15(16-10-12)19-8-2-3-13(11-19)9-14-6-7-17-18-14/h4-7,10,13H,2-3,8-9,11H2,1H3,(H,17,18)/t13-/m1/s1. The summed E-state index contributed by atoms with van der Waals surface area (Å²) in [6.45, 7) is 4.29. The monoisotopic (exact) mass is 256 g/mol. The normalized spacial score (nSPS) is 19.6. The van der Waals surface area contributed by atoms with Gasteiger partial charge in [-0.3, -0.25) is 5.10 Å². The van der Waals surface area contributed by atoms with E-state index in [2.05, 4.69) is 45.2 Å². The number of nitrogens with one attached hydrogen (secondary N) is 1. The van der Waals surface area contributed by atoms with Gasteiger partial charge in [0.1, 0.15) is 5.82 Å². The van der Waals surface area contributed by atoms with E-state index in [4.69, 9.17) is 0 Å². The second kappa shape index (κ2) is 5.43. The fourth-order valence-corrected chi connectivity index (χ4v) is 2.80. The zero-order chi connectivity index (χ0) is 13.1. The predicted molar refractivity (Wildman–Crippen MR) is 76.2 cm³/mol. The van der Waals surface area contributed by atoms with E-state index in [-0.39, 0.29) is 0 Å². The van der Waals surface area contributed by atoms with Gasteiger partial charge in [-0.05, 0) is 49.8 Å². The van der Waals surface area contributed by atoms with Crippen molar-refractivity contribution in [1.82, 2.24) is 15.2 Å². The number of hydrogen-bond acceptors (Lipinski definition) is 3. The first-order valence-electron chi connectivity index (χ1n) is 6.97. The first kappa shape index (κ1) is 12.2. The highest BCUT2D eigenvalue weighted by molar-refractivity contribution is 5.39. The van der Waals surface area contributed by atoms with Crippen molar-refractivity contribution >= 4 is 5.82 Å². The molecule has 0 aromatic carbocycles. The fraction of sp³-hybridized carbons (Fsp3) is 0.467. The van der Waals surface area contributed by atoms with Crippen molar-refractivity contribution in [2.24, 2.45) is 5.92 Å². The summed E-state index contributed by atoms with van der Waals surface area (Å²) in [5.41, 5.74) is 2.46. The lowest BCUT2D eigenvalue weighted by Gasteiger charge is -2.33. The van der Waals surface area contributed by atoms with E-state index in [1.54, 1.807) is 0 Å². The van der Waals surface area contributed by atoms with Crippen molar-refractivity contribution in [3.63, 3.8) is 0 Å². The van der Waals surface area contributed by atoms with Crippen LogP contribution in [0.5, 0.6) is 0 Å². The number of hydrogen-bond donors (Lipinski definition) is 1. The van der Waals surface area contributed by atoms with Gasteiger partial charge in [0.2, 0.25) is 0 Å². The molecule has 100 valence electrons. The molecule has 2 aromatic rings. The lowest BCUT2D eigenvalue weighted by atomic mass is 9.93. The Hall–Kier alpha value is -1.84. The van der Waals surface area contributed by atoms with Crippen LogP contribution in [-0.4, -0.2) is 28.3 Å². The van der Waals surface area contributed by atoms with Gasteiger partial charge < -0.3 is 4.90 Å². The lowest BCUT2D eigenvalue weighted by molar-refractivity contribution is 0.408. The van der Waals surface area contributed by atoms with Crippen molar-refractivity contribution in [1.29, 1.82) is 0 Å². The Balaban J connectivity index is 1.66. The summed E-state index contributed by atoms with van der Waals surface area (Å²) in [6.07, 6.45) is 7.41. The number of piperidine rings is 1. The molecule has 0 saturated carbocycles. The Morgan fingerprint density at radius 3 is 3.05 bits per heavy atom. The maximum absolute atomic E-state index is 4.54. The fourth-order valence-electron chi connectivity index (χ4n) is 2.80. The molecule has 1 aliphatic rings. The molecule has 3 heterocycles. The van der Waals surface area contributed by atoms with Crippen LogP contribution < -0.4 is 4.90 Å². The minimum atomic E-state index is 0.692. The quantitative estimate of drug-likeness (QED) is 0.918. The molecule has 0 bridgehead atoms. The van der Waals surface area contributed by atoms with Crippen LogP contribution in [0.15, 0.2) is 30.6 Å². The summed E-state index contributed by atoms with van der Waals surface area (Å²) in [5.74, 6) is 1.80. The Bertz CT molecular complexity index is 503. The molecule has 1 atom stereocenters. The zero-order valence-electron chi connectivity index (χ0n) is 11.3. The maximum Gasteiger partial charge on any atom is 0.128 e. The number of H-pyrrole nitrogens is 1. The smallest absolute Gasteiger partial charge is 0.128 e. The first-order chi connectivity index (χ1) is 9.31. The average molecular weight is 256 g/mol. The van der Waals surface area contributed by atoms with Gasteiger partial charge in [-0.1, -0.05) is 6.07 Å². The van der Waals surface area contributed by atoms with E-state index in [0.717, 1.165) is 25.3 Å². The van der Waals surface area contributed by atoms with Gasteiger partial charge >= 0.3 is 0 Å². The zero-order valence-corrected chi connectivity index (χ0v) is 11.3. The van der Waals surface area contributed by atoms with Crippen LogP contribution in [0, 0.1) is 12.8 Å². The minimum Gasteiger partial charge on any atom is -0.356 e. The second-order valence-corrected chi connectivity index (χ2v) is 5.43. The van der Waals surface area contributed by atoms with Gasteiger partial charge in [-0.15, -0.1) is 0 Å². The topological polar surface area (TPSA) is 44.8 Å². The minimum absolute atomic E-state index is 0.692. The third kappa shape index (κ3) is 2.95. The summed E-state index contributed by atoms with van der Waals surface area (Å²) < 4.78 is 0. The molecule has 0 aliphatic carbocycles. The number of aryl methyl sites for hydroxylation is 1.